The van der Waals surface area contributed by atoms with E-state index in [0.717, 1.165) is 40.9 Å². The number of carbonyl (C=O) groups excluding carboxylic acids is 10. The van der Waals surface area contributed by atoms with Gasteiger partial charge >= 0.3 is 42.4 Å². The molecule has 7 N–H and O–H groups in total. The number of alkyl halides is 3. The van der Waals surface area contributed by atoms with Crippen molar-refractivity contribution in [2.24, 2.45) is 0 Å². The van der Waals surface area contributed by atoms with Crippen LogP contribution in [0.1, 0.15) is 106 Å². The van der Waals surface area contributed by atoms with Crippen molar-refractivity contribution in [1.82, 2.24) is 49.8 Å². The van der Waals surface area contributed by atoms with E-state index in [1.54, 1.807) is 104 Å². The molecule has 9 rings (SSSR count). The van der Waals surface area contributed by atoms with Crippen LogP contribution in [0.4, 0.5) is 40.2 Å². The SMILES string of the molecule is CC(=O)c1nn(CC(=O)O)c2ccc(-c3cnc(C)nc3)cc12.CC(C)(C)OC(=O)N1C[C@H](F)C[C@H]1C(=O)O.COC(=O)c1ccc(Br)nc1N.Cc1ccc(Br)nc1NC(=O)[C@@H]1C[C@@H](F)CN1.Cc1ccc(Br)nc1NC(=O)[C@@H]1C[C@@H](F)CN1C(=O)OC(C)(C)C.Cl.Cl.O=C=O.O=C=O.S.S=S.S=S=S. The molecule has 4 amide bonds. The first-order valence-electron chi connectivity index (χ1n) is 29.5. The van der Waals surface area contributed by atoms with Crippen molar-refractivity contribution in [3.63, 3.8) is 0 Å². The molecular formula is C62H75Br3Cl2F3N13O17S6. The van der Waals surface area contributed by atoms with Crippen molar-refractivity contribution >= 4 is 228 Å². The molecule has 0 saturated carbocycles. The highest BCUT2D eigenvalue weighted by Crippen LogP contribution is 2.29. The van der Waals surface area contributed by atoms with Gasteiger partial charge in [0.05, 0.1) is 31.8 Å². The first kappa shape index (κ1) is 103. The number of aromatic nitrogens is 7. The molecule has 0 unspecified atom stereocenters. The summed E-state index contributed by atoms with van der Waals surface area (Å²) in [6.45, 7) is 16.6. The van der Waals surface area contributed by atoms with Crippen LogP contribution in [0, 0.1) is 20.8 Å². The van der Waals surface area contributed by atoms with Crippen LogP contribution in [0.15, 0.2) is 80.8 Å². The molecule has 0 spiro atoms. The predicted molar refractivity (Wildman–Crippen MR) is 415 cm³/mol. The maximum Gasteiger partial charge on any atom is 0.411 e. The summed E-state index contributed by atoms with van der Waals surface area (Å²) in [5.41, 5.74) is 8.47. The van der Waals surface area contributed by atoms with Crippen LogP contribution in [-0.2, 0) is 113 Å². The molecule has 6 aromatic rings. The zero-order valence-corrected chi connectivity index (χ0v) is 69.5. The number of nitrogen functional groups attached to an aromatic ring is 1. The number of nitrogens with zero attached hydrogens (tertiary/aromatic N) is 9. The number of methoxy groups -OCH3 is 1. The zero-order chi connectivity index (χ0) is 78.8. The Morgan fingerprint density at radius 2 is 1.12 bits per heavy atom. The smallest absolute Gasteiger partial charge is 0.411 e. The second kappa shape index (κ2) is 51.0. The highest BCUT2D eigenvalue weighted by molar-refractivity contribution is 9.11. The van der Waals surface area contributed by atoms with Gasteiger partial charge in [0.15, 0.2) is 5.78 Å². The molecule has 582 valence electrons. The van der Waals surface area contributed by atoms with E-state index in [9.17, 15) is 51.5 Å². The van der Waals surface area contributed by atoms with E-state index in [2.05, 4.69) is 143 Å². The number of likely N-dealkylation sites (tertiary alicyclic amines) is 2. The number of esters is 1. The van der Waals surface area contributed by atoms with E-state index < -0.39 is 83.8 Å². The molecule has 44 heteroatoms. The number of nitrogens with one attached hydrogen (secondary N) is 3. The monoisotopic (exact) mass is 1830 g/mol. The highest BCUT2D eigenvalue weighted by Gasteiger charge is 2.43. The number of Topliss-reactive ketones (excluding diaryl/α,β-unsaturated/α-hetero) is 1. The third-order valence-electron chi connectivity index (χ3n) is 13.1. The first-order chi connectivity index (χ1) is 48.2. The molecule has 5 aromatic heterocycles. The van der Waals surface area contributed by atoms with E-state index in [0.29, 0.717) is 42.2 Å². The molecule has 1 aromatic carbocycles. The second-order valence-corrected chi connectivity index (χ2v) is 27.4. The van der Waals surface area contributed by atoms with Gasteiger partial charge in [0.25, 0.3) is 0 Å². The number of hydrogen-bond donors (Lipinski definition) is 6. The number of aryl methyl sites for hydroxylation is 3. The Morgan fingerprint density at radius 3 is 1.53 bits per heavy atom. The molecule has 0 bridgehead atoms. The molecule has 3 aliphatic heterocycles. The van der Waals surface area contributed by atoms with Gasteiger partial charge in [-0.3, -0.25) is 33.7 Å². The van der Waals surface area contributed by atoms with Gasteiger partial charge in [0.1, 0.15) is 96.7 Å². The van der Waals surface area contributed by atoms with Crippen LogP contribution in [0.2, 0.25) is 0 Å². The van der Waals surface area contributed by atoms with Crippen molar-refractivity contribution in [2.75, 3.05) is 43.1 Å². The quantitative estimate of drug-likeness (QED) is 0.0321. The van der Waals surface area contributed by atoms with Gasteiger partial charge in [-0.1, -0.05) is 18.2 Å². The predicted octanol–water partition coefficient (Wildman–Crippen LogP) is 9.73. The number of benzene rings is 1. The number of nitrogens with two attached hydrogens (primary N) is 1. The van der Waals surface area contributed by atoms with Crippen molar-refractivity contribution in [3.8, 4) is 11.1 Å². The lowest BCUT2D eigenvalue weighted by Crippen LogP contribution is -2.45. The minimum atomic E-state index is -1.30. The largest absolute Gasteiger partial charge is 0.480 e. The summed E-state index contributed by atoms with van der Waals surface area (Å²) < 4.78 is 57.7. The number of rotatable bonds is 10. The standard InChI is InChI=1S/C16H21BrFN3O3.C16H14N4O3.C11H13BrFN3O.C10H16FNO4.C7H7BrN2O2.2CO2.2ClH.S3.S2.H2S/c1-9-5-6-12(17)19-13(9)20-14(22)11-7-10(18)8-21(11)15(23)24-16(2,3)4;1-9(21)16-13-5-11(12-6-17-10(2)18-7-12)3-4-14(13)20(19-16)8-15(22)23;1-6-2-3-9(12)15-10(6)16-11(17)8-4-7(13)5-14-8;1-10(2,3)16-9(15)12-5-6(11)4-7(12)8(13)14;1-12-7(11)4-2-3-5(8)10-6(4)9;2*2-1-3;;;1-3-2;1-2;/h5-6,10-11H,7-8H2,1-4H3,(H,19,20,22);3-7H,8H2,1-2H3,(H,22,23);2-3,7-8,14H,4-5H2,1H3,(H,15,16,17);6-7H,4-5H2,1-3H3,(H,13,14);2-3H,1H3,(H2,9,10);;;2*1H;;;1H2/t10-,11+;;7-,8+;6-,7+;;;;;;;;/m1.11......../s1. The first-order valence-corrected chi connectivity index (χ1v) is 35.9. The molecule has 8 heterocycles. The topological polar surface area (TPSA) is 424 Å². The van der Waals surface area contributed by atoms with Gasteiger partial charge in [-0.25, -0.2) is 57.3 Å². The minimum Gasteiger partial charge on any atom is -0.480 e. The van der Waals surface area contributed by atoms with E-state index in [-0.39, 0.29) is 125 Å². The number of anilines is 3. The lowest BCUT2D eigenvalue weighted by Gasteiger charge is -2.27. The Hall–Kier alpha value is -7.44. The summed E-state index contributed by atoms with van der Waals surface area (Å²) in [4.78, 5) is 148. The molecule has 106 heavy (non-hydrogen) atoms. The molecule has 30 nitrogen and oxygen atoms in total. The van der Waals surface area contributed by atoms with Gasteiger partial charge in [-0.15, -0.1) is 24.8 Å². The second-order valence-electron chi connectivity index (χ2n) is 23.2. The van der Waals surface area contributed by atoms with Crippen LogP contribution in [0.5, 0.6) is 0 Å². The van der Waals surface area contributed by atoms with E-state index in [1.165, 1.54) is 18.7 Å². The summed E-state index contributed by atoms with van der Waals surface area (Å²) in [6, 6.07) is 13.3. The Bertz CT molecular complexity index is 4030. The third kappa shape index (κ3) is 36.4. The number of carboxylic acid groups (broad SMARTS) is 2. The molecule has 6 atom stereocenters. The van der Waals surface area contributed by atoms with Crippen LogP contribution in [-0.4, -0.2) is 189 Å². The van der Waals surface area contributed by atoms with Crippen molar-refractivity contribution < 1.29 is 95.1 Å². The number of aliphatic carboxylic acids is 2. The Balaban J connectivity index is -0.00000122. The molecule has 3 saturated heterocycles. The Kier molecular flexibility index (Phi) is 49.4. The average Bonchev–Trinajstić information content (AvgIpc) is 1.64. The van der Waals surface area contributed by atoms with Crippen LogP contribution in [0.3, 0.4) is 0 Å². The minimum absolute atomic E-state index is 0. The number of amides is 4. The van der Waals surface area contributed by atoms with Crippen molar-refractivity contribution in [1.29, 1.82) is 0 Å². The Labute approximate surface area is 673 Å². The number of halogens is 8. The lowest BCUT2D eigenvalue weighted by molar-refractivity contribution is -0.193. The maximum absolute atomic E-state index is 13.8. The summed E-state index contributed by atoms with van der Waals surface area (Å²) in [5, 5.41) is 30.8. The fraction of sp³-hybridized carbons (Fsp3) is 0.419. The maximum atomic E-state index is 13.8. The van der Waals surface area contributed by atoms with Crippen LogP contribution >= 0.6 is 86.1 Å². The van der Waals surface area contributed by atoms with Crippen molar-refractivity contribution in [3.05, 3.63) is 109 Å². The Morgan fingerprint density at radius 1 is 0.689 bits per heavy atom. The number of ether oxygens (including phenoxy) is 3. The number of carbonyl (C=O) groups is 8. The van der Waals surface area contributed by atoms with E-state index in [1.807, 2.05) is 25.1 Å². The normalized spacial score (nSPS) is 16.1. The molecule has 3 aliphatic rings. The van der Waals surface area contributed by atoms with Crippen LogP contribution in [0.25, 0.3) is 22.0 Å². The van der Waals surface area contributed by atoms with Gasteiger partial charge in [0.2, 0.25) is 11.8 Å². The van der Waals surface area contributed by atoms with Gasteiger partial charge < -0.3 is 46.1 Å². The van der Waals surface area contributed by atoms with Crippen LogP contribution < -0.4 is 21.7 Å². The molecule has 3 fully saturated rings. The number of ketones is 1. The van der Waals surface area contributed by atoms with Gasteiger partial charge in [-0.05, 0) is 163 Å². The lowest BCUT2D eigenvalue weighted by atomic mass is 10.0. The number of pyridine rings is 3. The zero-order valence-electron chi connectivity index (χ0n) is 58.0. The summed E-state index contributed by atoms with van der Waals surface area (Å²) in [5.74, 6) is -1.90. The van der Waals surface area contributed by atoms with E-state index >= 15 is 0 Å². The van der Waals surface area contributed by atoms with Crippen molar-refractivity contribution in [2.45, 2.75) is 143 Å². The highest BCUT2D eigenvalue weighted by atomic mass is 79.9. The summed E-state index contributed by atoms with van der Waals surface area (Å²) >= 11 is 25.2. The average molecular weight is 1830 g/mol. The van der Waals surface area contributed by atoms with Gasteiger partial charge in [-0.2, -0.15) is 37.8 Å². The fourth-order valence-electron chi connectivity index (χ4n) is 8.80. The molecule has 0 aliphatic carbocycles. The molecule has 0 radical (unpaired) electrons. The van der Waals surface area contributed by atoms with E-state index in [4.69, 9.17) is 44.6 Å². The molecular weight excluding hydrogens is 1760 g/mol. The number of hydrogen-bond acceptors (Lipinski definition) is 27. The third-order valence-corrected chi connectivity index (χ3v) is 14.5. The number of carboxylic acids is 2. The number of fused-ring (bicyclic) bond motifs is 1. The summed E-state index contributed by atoms with van der Waals surface area (Å²) in [7, 11) is 2.21. The van der Waals surface area contributed by atoms with Gasteiger partial charge in [0, 0.05) is 110 Å². The summed E-state index contributed by atoms with van der Waals surface area (Å²) in [6.07, 6.45) is -1.06. The fourth-order valence-corrected chi connectivity index (χ4v) is 9.74.